The number of nitrogens with one attached hydrogen (secondary N) is 1. The standard InChI is InChI=1S/C21H24N6OS/c1-15-20(29-16(2)23-15)19-7-8-22-21(25-19)24-17-3-5-18(6-4-17)27-11-9-26(10-12-27)13-14-28/h3-8,14H,9-13H2,1-2H3,(H,22,24,25). The molecule has 0 radical (unpaired) electrons. The van der Waals surface area contributed by atoms with Crippen molar-refractivity contribution in [1.82, 2.24) is 19.9 Å². The number of piperazine rings is 1. The summed E-state index contributed by atoms with van der Waals surface area (Å²) in [6.45, 7) is 8.22. The molecule has 0 spiro atoms. The van der Waals surface area contributed by atoms with Crippen LogP contribution in [0.5, 0.6) is 0 Å². The Morgan fingerprint density at radius 2 is 1.83 bits per heavy atom. The molecule has 7 nitrogen and oxygen atoms in total. The fourth-order valence-corrected chi connectivity index (χ4v) is 4.38. The van der Waals surface area contributed by atoms with Gasteiger partial charge in [-0.3, -0.25) is 4.90 Å². The van der Waals surface area contributed by atoms with Gasteiger partial charge in [0, 0.05) is 43.8 Å². The summed E-state index contributed by atoms with van der Waals surface area (Å²) in [5, 5.41) is 4.33. The van der Waals surface area contributed by atoms with Crippen LogP contribution in [0.3, 0.4) is 0 Å². The van der Waals surface area contributed by atoms with E-state index in [2.05, 4.69) is 42.2 Å². The van der Waals surface area contributed by atoms with Gasteiger partial charge in [-0.2, -0.15) is 0 Å². The maximum atomic E-state index is 10.7. The van der Waals surface area contributed by atoms with E-state index in [0.29, 0.717) is 12.5 Å². The molecule has 2 aromatic heterocycles. The highest BCUT2D eigenvalue weighted by Gasteiger charge is 2.16. The van der Waals surface area contributed by atoms with E-state index in [1.165, 1.54) is 5.69 Å². The zero-order chi connectivity index (χ0) is 20.2. The summed E-state index contributed by atoms with van der Waals surface area (Å²) in [6, 6.07) is 10.2. The Hall–Kier alpha value is -2.84. The number of benzene rings is 1. The Kier molecular flexibility index (Phi) is 5.82. The number of hydrogen-bond acceptors (Lipinski definition) is 8. The highest BCUT2D eigenvalue weighted by molar-refractivity contribution is 7.15. The topological polar surface area (TPSA) is 74.2 Å². The van der Waals surface area contributed by atoms with Crippen LogP contribution in [0.2, 0.25) is 0 Å². The molecule has 1 aliphatic heterocycles. The Labute approximate surface area is 174 Å². The lowest BCUT2D eigenvalue weighted by molar-refractivity contribution is -0.108. The van der Waals surface area contributed by atoms with Gasteiger partial charge >= 0.3 is 0 Å². The van der Waals surface area contributed by atoms with Crippen LogP contribution in [0.1, 0.15) is 10.7 Å². The maximum absolute atomic E-state index is 10.7. The van der Waals surface area contributed by atoms with Gasteiger partial charge in [-0.25, -0.2) is 15.0 Å². The van der Waals surface area contributed by atoms with E-state index in [4.69, 9.17) is 0 Å². The minimum atomic E-state index is 0.524. The lowest BCUT2D eigenvalue weighted by Gasteiger charge is -2.35. The fraction of sp³-hybridized carbons (Fsp3) is 0.333. The van der Waals surface area contributed by atoms with Crippen LogP contribution < -0.4 is 10.2 Å². The molecule has 8 heteroatoms. The zero-order valence-corrected chi connectivity index (χ0v) is 17.4. The third-order valence-electron chi connectivity index (χ3n) is 4.99. The van der Waals surface area contributed by atoms with Crippen molar-refractivity contribution < 1.29 is 4.79 Å². The van der Waals surface area contributed by atoms with Gasteiger partial charge in [-0.1, -0.05) is 0 Å². The van der Waals surface area contributed by atoms with Crippen LogP contribution in [0.15, 0.2) is 36.5 Å². The molecule has 29 heavy (non-hydrogen) atoms. The van der Waals surface area contributed by atoms with Crippen molar-refractivity contribution >= 4 is 34.9 Å². The molecule has 0 atom stereocenters. The fourth-order valence-electron chi connectivity index (χ4n) is 3.49. The van der Waals surface area contributed by atoms with E-state index in [1.54, 1.807) is 17.5 Å². The maximum Gasteiger partial charge on any atom is 0.227 e. The Morgan fingerprint density at radius 1 is 1.07 bits per heavy atom. The molecular weight excluding hydrogens is 384 g/mol. The van der Waals surface area contributed by atoms with Crippen molar-refractivity contribution in [2.24, 2.45) is 0 Å². The van der Waals surface area contributed by atoms with Gasteiger partial charge in [-0.15, -0.1) is 11.3 Å². The van der Waals surface area contributed by atoms with Crippen molar-refractivity contribution in [3.05, 3.63) is 47.2 Å². The first kappa shape index (κ1) is 19.5. The van der Waals surface area contributed by atoms with E-state index in [-0.39, 0.29) is 0 Å². The van der Waals surface area contributed by atoms with Gasteiger partial charge in [0.2, 0.25) is 5.95 Å². The molecule has 0 amide bonds. The number of rotatable bonds is 6. The van der Waals surface area contributed by atoms with Gasteiger partial charge in [0.05, 0.1) is 27.8 Å². The number of carbonyl (C=O) groups excluding carboxylic acids is 1. The number of anilines is 3. The van der Waals surface area contributed by atoms with Gasteiger partial charge in [0.25, 0.3) is 0 Å². The SMILES string of the molecule is Cc1nc(C)c(-c2ccnc(Nc3ccc(N4CCN(CC=O)CC4)cc3)n2)s1. The average Bonchev–Trinajstić information content (AvgIpc) is 3.08. The molecule has 0 unspecified atom stereocenters. The highest BCUT2D eigenvalue weighted by atomic mass is 32.1. The Bertz CT molecular complexity index is 979. The second kappa shape index (κ2) is 8.67. The number of aryl methyl sites for hydroxylation is 2. The monoisotopic (exact) mass is 408 g/mol. The zero-order valence-electron chi connectivity index (χ0n) is 16.6. The first-order chi connectivity index (χ1) is 14.1. The third kappa shape index (κ3) is 4.60. The minimum absolute atomic E-state index is 0.524. The number of nitrogens with zero attached hydrogens (tertiary/aromatic N) is 5. The first-order valence-corrected chi connectivity index (χ1v) is 10.5. The van der Waals surface area contributed by atoms with Crippen LogP contribution in [0, 0.1) is 13.8 Å². The number of hydrogen-bond donors (Lipinski definition) is 1. The summed E-state index contributed by atoms with van der Waals surface area (Å²) in [5.74, 6) is 0.572. The Morgan fingerprint density at radius 3 is 2.48 bits per heavy atom. The molecule has 4 rings (SSSR count). The van der Waals surface area contributed by atoms with Crippen LogP contribution >= 0.6 is 11.3 Å². The van der Waals surface area contributed by atoms with E-state index in [9.17, 15) is 4.79 Å². The van der Waals surface area contributed by atoms with Crippen molar-refractivity contribution in [2.75, 3.05) is 42.9 Å². The van der Waals surface area contributed by atoms with Gasteiger partial charge in [-0.05, 0) is 44.2 Å². The predicted molar refractivity (Wildman–Crippen MR) is 117 cm³/mol. The van der Waals surface area contributed by atoms with Gasteiger partial charge in [0.15, 0.2) is 0 Å². The molecule has 1 fully saturated rings. The number of carbonyl (C=O) groups is 1. The summed E-state index contributed by atoms with van der Waals surface area (Å²) in [6.07, 6.45) is 2.75. The second-order valence-corrected chi connectivity index (χ2v) is 8.24. The first-order valence-electron chi connectivity index (χ1n) is 9.68. The molecule has 1 aromatic carbocycles. The molecule has 0 saturated carbocycles. The predicted octanol–water partition coefficient (Wildman–Crippen LogP) is 3.28. The smallest absolute Gasteiger partial charge is 0.227 e. The molecule has 3 aromatic rings. The summed E-state index contributed by atoms with van der Waals surface area (Å²) < 4.78 is 0. The lowest BCUT2D eigenvalue weighted by atomic mass is 10.2. The second-order valence-electron chi connectivity index (χ2n) is 7.04. The van der Waals surface area contributed by atoms with Gasteiger partial charge in [0.1, 0.15) is 6.29 Å². The largest absolute Gasteiger partial charge is 0.369 e. The number of aldehydes is 1. The van der Waals surface area contributed by atoms with Crippen molar-refractivity contribution in [1.29, 1.82) is 0 Å². The minimum Gasteiger partial charge on any atom is -0.369 e. The van der Waals surface area contributed by atoms with Crippen molar-refractivity contribution in [3.63, 3.8) is 0 Å². The van der Waals surface area contributed by atoms with Crippen molar-refractivity contribution in [2.45, 2.75) is 13.8 Å². The van der Waals surface area contributed by atoms with Crippen LogP contribution in [0.4, 0.5) is 17.3 Å². The van der Waals surface area contributed by atoms with E-state index >= 15 is 0 Å². The molecular formula is C21H24N6OS. The molecule has 0 bridgehead atoms. The average molecular weight is 409 g/mol. The Balaban J connectivity index is 1.42. The molecule has 1 saturated heterocycles. The molecule has 0 aliphatic carbocycles. The molecule has 150 valence electrons. The highest BCUT2D eigenvalue weighted by Crippen LogP contribution is 2.29. The summed E-state index contributed by atoms with van der Waals surface area (Å²) in [4.78, 5) is 29.7. The van der Waals surface area contributed by atoms with Gasteiger partial charge < -0.3 is 15.0 Å². The van der Waals surface area contributed by atoms with Crippen LogP contribution in [0.25, 0.3) is 10.6 Å². The van der Waals surface area contributed by atoms with Crippen LogP contribution in [-0.4, -0.2) is 58.9 Å². The summed E-state index contributed by atoms with van der Waals surface area (Å²) in [5.41, 5.74) is 4.01. The van der Waals surface area contributed by atoms with E-state index in [1.807, 2.05) is 32.0 Å². The normalized spacial score (nSPS) is 14.8. The lowest BCUT2D eigenvalue weighted by Crippen LogP contribution is -2.46. The van der Waals surface area contributed by atoms with Crippen LogP contribution in [-0.2, 0) is 4.79 Å². The quantitative estimate of drug-likeness (QED) is 0.628. The summed E-state index contributed by atoms with van der Waals surface area (Å²) >= 11 is 1.65. The molecule has 1 N–H and O–H groups in total. The number of aromatic nitrogens is 3. The number of thiazole rings is 1. The van der Waals surface area contributed by atoms with E-state index in [0.717, 1.165) is 59.4 Å². The molecule has 3 heterocycles. The molecule has 1 aliphatic rings. The third-order valence-corrected chi connectivity index (χ3v) is 6.08. The summed E-state index contributed by atoms with van der Waals surface area (Å²) in [7, 11) is 0. The van der Waals surface area contributed by atoms with E-state index < -0.39 is 0 Å². The van der Waals surface area contributed by atoms with Crippen molar-refractivity contribution in [3.8, 4) is 10.6 Å².